The number of benzene rings is 1. The van der Waals surface area contributed by atoms with Crippen molar-refractivity contribution in [3.63, 3.8) is 0 Å². The molecule has 0 aliphatic carbocycles. The van der Waals surface area contributed by atoms with Crippen LogP contribution >= 0.6 is 0 Å². The van der Waals surface area contributed by atoms with Crippen LogP contribution in [0.5, 0.6) is 11.6 Å². The van der Waals surface area contributed by atoms with Crippen LogP contribution in [0.15, 0.2) is 54.7 Å². The maximum absolute atomic E-state index is 9.54. The van der Waals surface area contributed by atoms with E-state index in [1.165, 1.54) is 7.11 Å². The van der Waals surface area contributed by atoms with Gasteiger partial charge >= 0.3 is 0 Å². The highest BCUT2D eigenvalue weighted by molar-refractivity contribution is 5.77. The van der Waals surface area contributed by atoms with Gasteiger partial charge in [0.2, 0.25) is 5.88 Å². The number of rotatable bonds is 4. The summed E-state index contributed by atoms with van der Waals surface area (Å²) < 4.78 is 10.5. The highest BCUT2D eigenvalue weighted by Crippen LogP contribution is 2.33. The topological polar surface area (TPSA) is 68.0 Å². The van der Waals surface area contributed by atoms with Crippen molar-refractivity contribution in [2.75, 3.05) is 14.2 Å². The third-order valence-electron chi connectivity index (χ3n) is 3.62. The molecular weight excluding hydrogens is 302 g/mol. The molecule has 0 saturated heterocycles. The number of methoxy groups -OCH3 is 2. The van der Waals surface area contributed by atoms with Gasteiger partial charge in [0, 0.05) is 11.8 Å². The van der Waals surface area contributed by atoms with E-state index in [9.17, 15) is 5.26 Å². The lowest BCUT2D eigenvalue weighted by atomic mass is 10.00. The molecule has 0 saturated carbocycles. The second-order valence-electron chi connectivity index (χ2n) is 4.99. The number of hydrogen-bond donors (Lipinski definition) is 0. The van der Waals surface area contributed by atoms with E-state index >= 15 is 0 Å². The lowest BCUT2D eigenvalue weighted by Gasteiger charge is -2.11. The molecule has 0 atom stereocenters. The molecule has 2 heterocycles. The van der Waals surface area contributed by atoms with Gasteiger partial charge < -0.3 is 9.47 Å². The Balaban J connectivity index is 2.21. The van der Waals surface area contributed by atoms with Gasteiger partial charge in [-0.05, 0) is 35.9 Å². The Hall–Kier alpha value is -3.39. The third-order valence-corrected chi connectivity index (χ3v) is 3.62. The summed E-state index contributed by atoms with van der Waals surface area (Å²) in [5.41, 5.74) is 3.38. The molecule has 0 N–H and O–H groups in total. The molecule has 2 aromatic heterocycles. The molecule has 5 heteroatoms. The molecule has 3 aromatic rings. The minimum absolute atomic E-state index is 0.284. The SMILES string of the molecule is COc1ccc(-c2cc(-c3ccccn3)nc(OC)c2C#N)cc1. The fraction of sp³-hybridized carbons (Fsp3) is 0.105. The number of nitriles is 1. The Kier molecular flexibility index (Phi) is 4.39. The number of nitrogens with zero attached hydrogens (tertiary/aromatic N) is 3. The molecule has 118 valence electrons. The van der Waals surface area contributed by atoms with Crippen molar-refractivity contribution in [3.05, 3.63) is 60.3 Å². The van der Waals surface area contributed by atoms with Crippen LogP contribution < -0.4 is 9.47 Å². The van der Waals surface area contributed by atoms with Gasteiger partial charge in [0.15, 0.2) is 0 Å². The van der Waals surface area contributed by atoms with E-state index in [0.717, 1.165) is 22.6 Å². The quantitative estimate of drug-likeness (QED) is 0.734. The van der Waals surface area contributed by atoms with Crippen LogP contribution in [0.2, 0.25) is 0 Å². The second kappa shape index (κ2) is 6.80. The Morgan fingerprint density at radius 2 is 1.75 bits per heavy atom. The largest absolute Gasteiger partial charge is 0.497 e. The van der Waals surface area contributed by atoms with Crippen LogP contribution in [0.1, 0.15) is 5.56 Å². The number of aromatic nitrogens is 2. The van der Waals surface area contributed by atoms with E-state index in [2.05, 4.69) is 16.0 Å². The van der Waals surface area contributed by atoms with E-state index < -0.39 is 0 Å². The first-order valence-corrected chi connectivity index (χ1v) is 7.31. The van der Waals surface area contributed by atoms with Crippen molar-refractivity contribution < 1.29 is 9.47 Å². The van der Waals surface area contributed by atoms with Gasteiger partial charge in [0.25, 0.3) is 0 Å². The monoisotopic (exact) mass is 317 g/mol. The number of ether oxygens (including phenoxy) is 2. The zero-order valence-electron chi connectivity index (χ0n) is 13.4. The first-order valence-electron chi connectivity index (χ1n) is 7.31. The average molecular weight is 317 g/mol. The highest BCUT2D eigenvalue weighted by atomic mass is 16.5. The van der Waals surface area contributed by atoms with Crippen LogP contribution in [0, 0.1) is 11.3 Å². The Labute approximate surface area is 140 Å². The lowest BCUT2D eigenvalue weighted by Crippen LogP contribution is -1.98. The molecule has 0 amide bonds. The zero-order valence-corrected chi connectivity index (χ0v) is 13.4. The van der Waals surface area contributed by atoms with Crippen molar-refractivity contribution in [2.24, 2.45) is 0 Å². The van der Waals surface area contributed by atoms with Gasteiger partial charge in [0.1, 0.15) is 17.4 Å². The van der Waals surface area contributed by atoms with Crippen LogP contribution in [0.4, 0.5) is 0 Å². The van der Waals surface area contributed by atoms with Crippen molar-refractivity contribution in [3.8, 4) is 40.2 Å². The molecule has 0 unspecified atom stereocenters. The smallest absolute Gasteiger partial charge is 0.232 e. The van der Waals surface area contributed by atoms with Crippen molar-refractivity contribution >= 4 is 0 Å². The van der Waals surface area contributed by atoms with Gasteiger partial charge in [0.05, 0.1) is 25.6 Å². The van der Waals surface area contributed by atoms with E-state index in [1.807, 2.05) is 48.5 Å². The first-order chi connectivity index (χ1) is 11.8. The molecule has 0 radical (unpaired) electrons. The lowest BCUT2D eigenvalue weighted by molar-refractivity contribution is 0.397. The maximum atomic E-state index is 9.54. The summed E-state index contributed by atoms with van der Waals surface area (Å²) in [5.74, 6) is 1.04. The summed E-state index contributed by atoms with van der Waals surface area (Å²) >= 11 is 0. The molecule has 1 aromatic carbocycles. The molecule has 0 aliphatic heterocycles. The van der Waals surface area contributed by atoms with Crippen LogP contribution in [-0.2, 0) is 0 Å². The normalized spacial score (nSPS) is 10.0. The zero-order chi connectivity index (χ0) is 16.9. The molecule has 24 heavy (non-hydrogen) atoms. The second-order valence-corrected chi connectivity index (χ2v) is 4.99. The highest BCUT2D eigenvalue weighted by Gasteiger charge is 2.16. The van der Waals surface area contributed by atoms with Crippen LogP contribution in [0.25, 0.3) is 22.5 Å². The molecule has 0 bridgehead atoms. The summed E-state index contributed by atoms with van der Waals surface area (Å²) in [5, 5.41) is 9.54. The van der Waals surface area contributed by atoms with Gasteiger partial charge in [-0.1, -0.05) is 18.2 Å². The third kappa shape index (κ3) is 2.90. The molecule has 0 fully saturated rings. The standard InChI is InChI=1S/C19H15N3O2/c1-23-14-8-6-13(7-9-14)15-11-18(17-5-3-4-10-21-17)22-19(24-2)16(15)12-20/h3-11H,1-2H3. The molecular formula is C19H15N3O2. The van der Waals surface area contributed by atoms with Crippen LogP contribution in [0.3, 0.4) is 0 Å². The first kappa shape index (κ1) is 15.5. The van der Waals surface area contributed by atoms with Gasteiger partial charge in [-0.3, -0.25) is 4.98 Å². The average Bonchev–Trinajstić information content (AvgIpc) is 2.67. The Bertz CT molecular complexity index is 885. The summed E-state index contributed by atoms with van der Waals surface area (Å²) in [4.78, 5) is 8.74. The van der Waals surface area contributed by atoms with Gasteiger partial charge in [-0.25, -0.2) is 4.98 Å². The maximum Gasteiger partial charge on any atom is 0.232 e. The van der Waals surface area contributed by atoms with Crippen molar-refractivity contribution in [1.82, 2.24) is 9.97 Å². The fourth-order valence-electron chi connectivity index (χ4n) is 2.42. The van der Waals surface area contributed by atoms with Gasteiger partial charge in [-0.2, -0.15) is 5.26 Å². The van der Waals surface area contributed by atoms with E-state index in [-0.39, 0.29) is 5.88 Å². The van der Waals surface area contributed by atoms with E-state index in [4.69, 9.17) is 9.47 Å². The number of hydrogen-bond acceptors (Lipinski definition) is 5. The van der Waals surface area contributed by atoms with E-state index in [0.29, 0.717) is 11.3 Å². The Morgan fingerprint density at radius 1 is 0.958 bits per heavy atom. The van der Waals surface area contributed by atoms with Crippen molar-refractivity contribution in [2.45, 2.75) is 0 Å². The van der Waals surface area contributed by atoms with Gasteiger partial charge in [-0.15, -0.1) is 0 Å². The summed E-state index contributed by atoms with van der Waals surface area (Å²) in [7, 11) is 3.12. The molecule has 3 rings (SSSR count). The fourth-order valence-corrected chi connectivity index (χ4v) is 2.42. The summed E-state index contributed by atoms with van der Waals surface area (Å²) in [6, 6.07) is 17.1. The van der Waals surface area contributed by atoms with E-state index in [1.54, 1.807) is 13.3 Å². The molecule has 0 aliphatic rings. The molecule has 0 spiro atoms. The minimum atomic E-state index is 0.284. The number of pyridine rings is 2. The van der Waals surface area contributed by atoms with Crippen LogP contribution in [-0.4, -0.2) is 24.2 Å². The summed E-state index contributed by atoms with van der Waals surface area (Å²) in [6.45, 7) is 0. The predicted molar refractivity (Wildman–Crippen MR) is 90.7 cm³/mol. The van der Waals surface area contributed by atoms with Crippen molar-refractivity contribution in [1.29, 1.82) is 5.26 Å². The minimum Gasteiger partial charge on any atom is -0.497 e. The predicted octanol–water partition coefficient (Wildman–Crippen LogP) is 3.70. The Morgan fingerprint density at radius 3 is 2.33 bits per heavy atom. The summed E-state index contributed by atoms with van der Waals surface area (Å²) in [6.07, 6.45) is 1.70. The molecule has 5 nitrogen and oxygen atoms in total.